The molecule has 1 saturated carbocycles. The molecular weight excluding hydrogens is 222 g/mol. The second-order valence-corrected chi connectivity index (χ2v) is 6.32. The predicted molar refractivity (Wildman–Crippen MR) is 65.1 cm³/mol. The number of likely N-dealkylation sites (tertiary alicyclic amines) is 1. The highest BCUT2D eigenvalue weighted by Crippen LogP contribution is 2.38. The maximum Gasteiger partial charge on any atom is 0.248 e. The van der Waals surface area contributed by atoms with E-state index in [1.165, 1.54) is 0 Å². The first kappa shape index (κ1) is 13.2. The Morgan fingerprint density at radius 2 is 2.12 bits per heavy atom. The van der Waals surface area contributed by atoms with Crippen LogP contribution in [0.1, 0.15) is 39.0 Å². The van der Waals surface area contributed by atoms with E-state index < -0.39 is 5.92 Å². The van der Waals surface area contributed by atoms with Crippen molar-refractivity contribution in [2.24, 2.45) is 17.1 Å². The number of halogens is 2. The lowest BCUT2D eigenvalue weighted by Crippen LogP contribution is -2.36. The molecule has 1 saturated heterocycles. The summed E-state index contributed by atoms with van der Waals surface area (Å²) in [5, 5.41) is 0. The second-order valence-electron chi connectivity index (χ2n) is 6.32. The van der Waals surface area contributed by atoms with Crippen LogP contribution in [0, 0.1) is 11.3 Å². The summed E-state index contributed by atoms with van der Waals surface area (Å²) < 4.78 is 26.6. The Bertz CT molecular complexity index is 270. The molecule has 0 bridgehead atoms. The van der Waals surface area contributed by atoms with Gasteiger partial charge in [0.1, 0.15) is 0 Å². The van der Waals surface area contributed by atoms with Crippen LogP contribution in [0.15, 0.2) is 0 Å². The first-order valence-corrected chi connectivity index (χ1v) is 6.73. The molecule has 0 spiro atoms. The van der Waals surface area contributed by atoms with Gasteiger partial charge in [-0.05, 0) is 43.7 Å². The minimum atomic E-state index is -2.42. The summed E-state index contributed by atoms with van der Waals surface area (Å²) in [6.45, 7) is 5.74. The third-order valence-corrected chi connectivity index (χ3v) is 4.39. The lowest BCUT2D eigenvalue weighted by molar-refractivity contribution is -0.0563. The molecule has 1 heterocycles. The molecule has 2 rings (SSSR count). The normalized spacial score (nSPS) is 38.5. The Morgan fingerprint density at radius 3 is 2.71 bits per heavy atom. The van der Waals surface area contributed by atoms with E-state index in [2.05, 4.69) is 11.8 Å². The lowest BCUT2D eigenvalue weighted by Gasteiger charge is -2.32. The van der Waals surface area contributed by atoms with Gasteiger partial charge in [0.05, 0.1) is 0 Å². The summed E-state index contributed by atoms with van der Waals surface area (Å²) >= 11 is 0. The highest BCUT2D eigenvalue weighted by molar-refractivity contribution is 4.89. The fraction of sp³-hybridized carbons (Fsp3) is 1.00. The van der Waals surface area contributed by atoms with Gasteiger partial charge in [0.15, 0.2) is 0 Å². The van der Waals surface area contributed by atoms with Gasteiger partial charge in [-0.2, -0.15) is 0 Å². The van der Waals surface area contributed by atoms with Crippen molar-refractivity contribution < 1.29 is 8.78 Å². The zero-order valence-corrected chi connectivity index (χ0v) is 10.7. The Hall–Kier alpha value is -0.220. The Morgan fingerprint density at radius 1 is 1.35 bits per heavy atom. The van der Waals surface area contributed by atoms with Crippen molar-refractivity contribution in [2.45, 2.75) is 45.0 Å². The molecule has 2 aliphatic rings. The number of nitrogens with two attached hydrogens (primary N) is 1. The highest BCUT2D eigenvalue weighted by Gasteiger charge is 2.39. The van der Waals surface area contributed by atoms with Crippen LogP contribution in [-0.2, 0) is 0 Å². The molecule has 17 heavy (non-hydrogen) atoms. The van der Waals surface area contributed by atoms with E-state index in [9.17, 15) is 8.78 Å². The number of nitrogens with zero attached hydrogens (tertiary/aromatic N) is 1. The zero-order chi connectivity index (χ0) is 12.5. The Labute approximate surface area is 103 Å². The largest absolute Gasteiger partial charge is 0.330 e. The van der Waals surface area contributed by atoms with Gasteiger partial charge in [-0.1, -0.05) is 6.92 Å². The molecule has 2 atom stereocenters. The van der Waals surface area contributed by atoms with Gasteiger partial charge < -0.3 is 10.6 Å². The van der Waals surface area contributed by atoms with Gasteiger partial charge in [-0.3, -0.25) is 0 Å². The number of rotatable bonds is 3. The molecule has 100 valence electrons. The molecule has 0 amide bonds. The van der Waals surface area contributed by atoms with Crippen LogP contribution in [0.25, 0.3) is 0 Å². The summed E-state index contributed by atoms with van der Waals surface area (Å²) in [6.07, 6.45) is 2.92. The summed E-state index contributed by atoms with van der Waals surface area (Å²) in [7, 11) is 0. The molecule has 0 radical (unpaired) electrons. The zero-order valence-electron chi connectivity index (χ0n) is 10.7. The molecule has 0 aromatic rings. The van der Waals surface area contributed by atoms with E-state index in [-0.39, 0.29) is 24.2 Å². The second kappa shape index (κ2) is 4.81. The highest BCUT2D eigenvalue weighted by atomic mass is 19.3. The number of alkyl halides is 2. The standard InChI is InChI=1S/C13H24F2N2/c1-12(9-16)5-6-17(10-12)8-11-3-2-4-13(14,15)7-11/h11H,2-10,16H2,1H3. The maximum atomic E-state index is 13.3. The molecule has 0 aromatic heterocycles. The Kier molecular flexibility index (Phi) is 3.74. The first-order chi connectivity index (χ1) is 7.92. The van der Waals surface area contributed by atoms with E-state index in [0.29, 0.717) is 13.0 Å². The van der Waals surface area contributed by atoms with Gasteiger partial charge in [0, 0.05) is 25.9 Å². The van der Waals surface area contributed by atoms with E-state index in [4.69, 9.17) is 5.73 Å². The van der Waals surface area contributed by atoms with Gasteiger partial charge >= 0.3 is 0 Å². The van der Waals surface area contributed by atoms with Crippen molar-refractivity contribution in [3.63, 3.8) is 0 Å². The van der Waals surface area contributed by atoms with Crippen LogP contribution in [0.2, 0.25) is 0 Å². The van der Waals surface area contributed by atoms with Crippen molar-refractivity contribution in [3.05, 3.63) is 0 Å². The summed E-state index contributed by atoms with van der Waals surface area (Å²) in [5.41, 5.74) is 5.97. The summed E-state index contributed by atoms with van der Waals surface area (Å²) in [5.74, 6) is -2.24. The molecule has 2 nitrogen and oxygen atoms in total. The molecule has 0 aromatic carbocycles. The van der Waals surface area contributed by atoms with Crippen molar-refractivity contribution in [1.82, 2.24) is 4.90 Å². The van der Waals surface area contributed by atoms with E-state index >= 15 is 0 Å². The molecular formula is C13H24F2N2. The van der Waals surface area contributed by atoms with Gasteiger partial charge in [0.25, 0.3) is 0 Å². The molecule has 1 aliphatic heterocycles. The van der Waals surface area contributed by atoms with Gasteiger partial charge in [-0.25, -0.2) is 8.78 Å². The average molecular weight is 246 g/mol. The van der Waals surface area contributed by atoms with Crippen LogP contribution in [0.4, 0.5) is 8.78 Å². The van der Waals surface area contributed by atoms with E-state index in [1.807, 2.05) is 0 Å². The minimum Gasteiger partial charge on any atom is -0.330 e. The van der Waals surface area contributed by atoms with Crippen molar-refractivity contribution in [2.75, 3.05) is 26.2 Å². The average Bonchev–Trinajstić information content (AvgIpc) is 2.60. The summed E-state index contributed by atoms with van der Waals surface area (Å²) in [6, 6.07) is 0. The van der Waals surface area contributed by atoms with Crippen molar-refractivity contribution in [1.29, 1.82) is 0 Å². The quantitative estimate of drug-likeness (QED) is 0.829. The van der Waals surface area contributed by atoms with Crippen LogP contribution in [0.3, 0.4) is 0 Å². The topological polar surface area (TPSA) is 29.3 Å². The first-order valence-electron chi connectivity index (χ1n) is 6.73. The van der Waals surface area contributed by atoms with Crippen molar-refractivity contribution in [3.8, 4) is 0 Å². The molecule has 2 fully saturated rings. The van der Waals surface area contributed by atoms with Crippen LogP contribution in [0.5, 0.6) is 0 Å². The van der Waals surface area contributed by atoms with E-state index in [0.717, 1.165) is 32.5 Å². The Balaban J connectivity index is 1.82. The lowest BCUT2D eigenvalue weighted by atomic mass is 9.86. The SMILES string of the molecule is CC1(CN)CCN(CC2CCCC(F)(F)C2)C1. The molecule has 2 N–H and O–H groups in total. The van der Waals surface area contributed by atoms with Crippen molar-refractivity contribution >= 4 is 0 Å². The number of hydrogen-bond donors (Lipinski definition) is 1. The van der Waals surface area contributed by atoms with Crippen LogP contribution >= 0.6 is 0 Å². The van der Waals surface area contributed by atoms with E-state index in [1.54, 1.807) is 0 Å². The van der Waals surface area contributed by atoms with Crippen LogP contribution < -0.4 is 5.73 Å². The predicted octanol–water partition coefficient (Wildman–Crippen LogP) is 2.48. The minimum absolute atomic E-state index is 0.0862. The maximum absolute atomic E-state index is 13.3. The molecule has 2 unspecified atom stereocenters. The van der Waals surface area contributed by atoms with Crippen LogP contribution in [-0.4, -0.2) is 37.0 Å². The third-order valence-electron chi connectivity index (χ3n) is 4.39. The smallest absolute Gasteiger partial charge is 0.248 e. The van der Waals surface area contributed by atoms with Gasteiger partial charge in [-0.15, -0.1) is 0 Å². The monoisotopic (exact) mass is 246 g/mol. The fourth-order valence-corrected chi connectivity index (χ4v) is 3.25. The molecule has 4 heteroatoms. The third kappa shape index (κ3) is 3.38. The molecule has 1 aliphatic carbocycles. The summed E-state index contributed by atoms with van der Waals surface area (Å²) in [4.78, 5) is 2.33. The number of hydrogen-bond acceptors (Lipinski definition) is 2. The fourth-order valence-electron chi connectivity index (χ4n) is 3.25. The van der Waals surface area contributed by atoms with Gasteiger partial charge in [0.2, 0.25) is 5.92 Å².